The highest BCUT2D eigenvalue weighted by molar-refractivity contribution is 5.89. The molecule has 0 atom stereocenters. The van der Waals surface area contributed by atoms with Gasteiger partial charge < -0.3 is 9.30 Å². The molecule has 0 fully saturated rings. The summed E-state index contributed by atoms with van der Waals surface area (Å²) in [4.78, 5) is 12.7. The van der Waals surface area contributed by atoms with Crippen LogP contribution in [-0.2, 0) is 0 Å². The van der Waals surface area contributed by atoms with Crippen molar-refractivity contribution in [3.63, 3.8) is 0 Å². The molecule has 4 rings (SSSR count). The van der Waals surface area contributed by atoms with Gasteiger partial charge in [0.25, 0.3) is 0 Å². The van der Waals surface area contributed by atoms with Crippen LogP contribution in [0.25, 0.3) is 16.7 Å². The lowest BCUT2D eigenvalue weighted by Gasteiger charge is -2.07. The number of hydrogen-bond acceptors (Lipinski definition) is 6. The van der Waals surface area contributed by atoms with E-state index in [1.165, 1.54) is 6.33 Å². The molecule has 0 unspecified atom stereocenters. The van der Waals surface area contributed by atoms with Gasteiger partial charge in [-0.25, -0.2) is 9.97 Å². The number of fused-ring (bicyclic) bond motifs is 1. The Morgan fingerprint density at radius 1 is 1.12 bits per heavy atom. The molecular weight excluding hydrogens is 328 g/mol. The number of hydrazone groups is 1. The molecule has 26 heavy (non-hydrogen) atoms. The van der Waals surface area contributed by atoms with Gasteiger partial charge in [-0.15, -0.1) is 0 Å². The number of benzene rings is 1. The number of rotatable bonds is 5. The highest BCUT2D eigenvalue weighted by Crippen LogP contribution is 2.25. The van der Waals surface area contributed by atoms with E-state index in [0.717, 1.165) is 28.0 Å². The standard InChI is InChI=1S/C19H16N6O/c1-26-16-4-2-3-15(11-16)25-10-7-17-18(21-13-22-19(17)25)24-23-12-14-5-8-20-9-6-14/h2-13H,1H3,(H,21,22,24)/b23-12+. The van der Waals surface area contributed by atoms with E-state index in [9.17, 15) is 0 Å². The van der Waals surface area contributed by atoms with Crippen molar-refractivity contribution in [1.29, 1.82) is 0 Å². The van der Waals surface area contributed by atoms with E-state index < -0.39 is 0 Å². The molecule has 7 nitrogen and oxygen atoms in total. The quantitative estimate of drug-likeness (QED) is 0.444. The van der Waals surface area contributed by atoms with Gasteiger partial charge in [0.05, 0.1) is 24.4 Å². The van der Waals surface area contributed by atoms with E-state index in [4.69, 9.17) is 4.74 Å². The van der Waals surface area contributed by atoms with Gasteiger partial charge in [-0.3, -0.25) is 10.4 Å². The van der Waals surface area contributed by atoms with Crippen molar-refractivity contribution < 1.29 is 4.74 Å². The Morgan fingerprint density at radius 3 is 2.85 bits per heavy atom. The minimum Gasteiger partial charge on any atom is -0.497 e. The molecule has 4 aromatic rings. The molecule has 0 saturated carbocycles. The summed E-state index contributed by atoms with van der Waals surface area (Å²) in [5.74, 6) is 1.43. The molecule has 0 radical (unpaired) electrons. The van der Waals surface area contributed by atoms with Crippen molar-refractivity contribution in [3.8, 4) is 11.4 Å². The largest absolute Gasteiger partial charge is 0.497 e. The van der Waals surface area contributed by atoms with Crippen LogP contribution < -0.4 is 10.2 Å². The molecule has 0 aliphatic heterocycles. The van der Waals surface area contributed by atoms with Gasteiger partial charge in [-0.2, -0.15) is 5.10 Å². The average molecular weight is 344 g/mol. The monoisotopic (exact) mass is 344 g/mol. The first-order valence-electron chi connectivity index (χ1n) is 8.01. The van der Waals surface area contributed by atoms with Crippen LogP contribution in [0, 0.1) is 0 Å². The first-order chi connectivity index (χ1) is 12.8. The molecule has 0 amide bonds. The summed E-state index contributed by atoms with van der Waals surface area (Å²) in [6.07, 6.45) is 8.63. The minimum absolute atomic E-state index is 0.641. The van der Waals surface area contributed by atoms with E-state index >= 15 is 0 Å². The number of pyridine rings is 1. The van der Waals surface area contributed by atoms with Crippen LogP contribution in [0.5, 0.6) is 5.75 Å². The molecule has 1 aromatic carbocycles. The smallest absolute Gasteiger partial charge is 0.159 e. The highest BCUT2D eigenvalue weighted by Gasteiger charge is 2.09. The van der Waals surface area contributed by atoms with Gasteiger partial charge in [0, 0.05) is 24.7 Å². The van der Waals surface area contributed by atoms with Crippen molar-refractivity contribution in [2.45, 2.75) is 0 Å². The predicted molar refractivity (Wildman–Crippen MR) is 101 cm³/mol. The summed E-state index contributed by atoms with van der Waals surface area (Å²) in [6, 6.07) is 13.5. The van der Waals surface area contributed by atoms with Crippen molar-refractivity contribution in [3.05, 3.63) is 72.9 Å². The number of ether oxygens (including phenoxy) is 1. The average Bonchev–Trinajstić information content (AvgIpc) is 3.14. The van der Waals surface area contributed by atoms with Crippen LogP contribution in [0.3, 0.4) is 0 Å². The SMILES string of the molecule is COc1cccc(-n2ccc3c(N/N=C/c4ccncc4)ncnc32)c1. The first-order valence-corrected chi connectivity index (χ1v) is 8.01. The molecule has 0 aliphatic rings. The number of anilines is 1. The van der Waals surface area contributed by atoms with Crippen LogP contribution in [0.4, 0.5) is 5.82 Å². The fourth-order valence-corrected chi connectivity index (χ4v) is 2.63. The summed E-state index contributed by atoms with van der Waals surface area (Å²) in [7, 11) is 1.65. The second kappa shape index (κ2) is 7.02. The maximum Gasteiger partial charge on any atom is 0.159 e. The summed E-state index contributed by atoms with van der Waals surface area (Å²) in [5, 5.41) is 5.13. The number of nitrogens with zero attached hydrogens (tertiary/aromatic N) is 5. The lowest BCUT2D eigenvalue weighted by molar-refractivity contribution is 0.414. The number of nitrogens with one attached hydrogen (secondary N) is 1. The van der Waals surface area contributed by atoms with Gasteiger partial charge in [0.2, 0.25) is 0 Å². The van der Waals surface area contributed by atoms with Gasteiger partial charge in [-0.05, 0) is 35.9 Å². The fourth-order valence-electron chi connectivity index (χ4n) is 2.63. The molecule has 128 valence electrons. The molecule has 0 bridgehead atoms. The molecular formula is C19H16N6O. The van der Waals surface area contributed by atoms with Crippen LogP contribution in [0.15, 0.2) is 72.5 Å². The van der Waals surface area contributed by atoms with Crippen molar-refractivity contribution in [2.24, 2.45) is 5.10 Å². The lowest BCUT2D eigenvalue weighted by Crippen LogP contribution is -1.98. The van der Waals surface area contributed by atoms with Crippen LogP contribution >= 0.6 is 0 Å². The van der Waals surface area contributed by atoms with Crippen molar-refractivity contribution in [2.75, 3.05) is 12.5 Å². The minimum atomic E-state index is 0.641. The third kappa shape index (κ3) is 3.10. The number of methoxy groups -OCH3 is 1. The molecule has 0 aliphatic carbocycles. The lowest BCUT2D eigenvalue weighted by atomic mass is 10.3. The van der Waals surface area contributed by atoms with E-state index in [2.05, 4.69) is 25.5 Å². The van der Waals surface area contributed by atoms with Gasteiger partial charge in [-0.1, -0.05) is 6.07 Å². The van der Waals surface area contributed by atoms with Crippen LogP contribution in [0.1, 0.15) is 5.56 Å². The third-order valence-corrected chi connectivity index (χ3v) is 3.90. The Kier molecular flexibility index (Phi) is 4.26. The zero-order valence-electron chi connectivity index (χ0n) is 14.1. The van der Waals surface area contributed by atoms with E-state index in [-0.39, 0.29) is 0 Å². The summed E-state index contributed by atoms with van der Waals surface area (Å²) < 4.78 is 7.29. The Balaban J connectivity index is 1.66. The van der Waals surface area contributed by atoms with Crippen LogP contribution in [0.2, 0.25) is 0 Å². The second-order valence-corrected chi connectivity index (χ2v) is 5.50. The summed E-state index contributed by atoms with van der Waals surface area (Å²) in [5.41, 5.74) is 5.68. The zero-order valence-corrected chi connectivity index (χ0v) is 14.1. The van der Waals surface area contributed by atoms with Crippen LogP contribution in [-0.4, -0.2) is 32.8 Å². The molecule has 3 heterocycles. The Morgan fingerprint density at radius 2 is 2.00 bits per heavy atom. The normalized spacial score (nSPS) is 11.1. The molecule has 0 saturated heterocycles. The molecule has 3 aromatic heterocycles. The summed E-state index contributed by atoms with van der Waals surface area (Å²) >= 11 is 0. The Hall–Kier alpha value is -3.74. The fraction of sp³-hybridized carbons (Fsp3) is 0.0526. The van der Waals surface area contributed by atoms with Crippen molar-refractivity contribution >= 4 is 23.1 Å². The topological polar surface area (TPSA) is 77.2 Å². The Bertz CT molecular complexity index is 1060. The second-order valence-electron chi connectivity index (χ2n) is 5.50. The zero-order chi connectivity index (χ0) is 17.8. The molecule has 7 heteroatoms. The number of aromatic nitrogens is 4. The van der Waals surface area contributed by atoms with Crippen molar-refractivity contribution in [1.82, 2.24) is 19.5 Å². The predicted octanol–water partition coefficient (Wildman–Crippen LogP) is 3.27. The van der Waals surface area contributed by atoms with Gasteiger partial charge in [0.1, 0.15) is 17.7 Å². The number of hydrogen-bond donors (Lipinski definition) is 1. The van der Waals surface area contributed by atoms with E-state index in [1.807, 2.05) is 53.2 Å². The molecule has 1 N–H and O–H groups in total. The summed E-state index contributed by atoms with van der Waals surface area (Å²) in [6.45, 7) is 0. The van der Waals surface area contributed by atoms with Gasteiger partial charge >= 0.3 is 0 Å². The highest BCUT2D eigenvalue weighted by atomic mass is 16.5. The van der Waals surface area contributed by atoms with Gasteiger partial charge in [0.15, 0.2) is 5.82 Å². The third-order valence-electron chi connectivity index (χ3n) is 3.90. The first kappa shape index (κ1) is 15.8. The Labute approximate surface area is 150 Å². The van der Waals surface area contributed by atoms with E-state index in [1.54, 1.807) is 25.7 Å². The maximum atomic E-state index is 5.30. The van der Waals surface area contributed by atoms with E-state index in [0.29, 0.717) is 5.82 Å². The molecule has 0 spiro atoms. The maximum absolute atomic E-state index is 5.30.